The van der Waals surface area contributed by atoms with Crippen molar-refractivity contribution >= 4 is 64.0 Å². The van der Waals surface area contributed by atoms with Crippen molar-refractivity contribution in [2.45, 2.75) is 165 Å². The Morgan fingerprint density at radius 1 is 0.833 bits per heavy atom. The molecule has 0 radical (unpaired) electrons. The first-order valence-corrected chi connectivity index (χ1v) is 24.5. The number of methoxy groups -OCH3 is 3. The Hall–Kier alpha value is -3.11. The van der Waals surface area contributed by atoms with E-state index in [1.165, 1.54) is 45.9 Å². The highest BCUT2D eigenvalue weighted by atomic mass is 127. The van der Waals surface area contributed by atoms with Gasteiger partial charge in [0.25, 0.3) is 0 Å². The van der Waals surface area contributed by atoms with E-state index >= 15 is 0 Å². The molecule has 3 aliphatic rings. The molecule has 0 aliphatic carbocycles. The summed E-state index contributed by atoms with van der Waals surface area (Å²) in [5, 5.41) is 0. The first kappa shape index (κ1) is 55.5. The van der Waals surface area contributed by atoms with Crippen LogP contribution in [0, 0.1) is 17.8 Å². The summed E-state index contributed by atoms with van der Waals surface area (Å²) in [5.41, 5.74) is -2.71. The fraction of sp³-hybridized carbons (Fsp3) is 0.688. The molecule has 0 amide bonds. The van der Waals surface area contributed by atoms with E-state index in [9.17, 15) is 24.0 Å². The standard InChI is InChI=1S/C48H69IO16S/c1-26-21-46(9,56-13)41(63-44-36(60-32(7)50)20-15-28(3)58-44)29(4)40(62-38-23-47(10,57-14)42(31(6)59-38)61-33(8)51)30(5)43(54)64-45(49)48(11,22-27(2)39(26)53)65-37(52)25-66-24-34-16-18-35(55-12)19-17-34/h15-20,22,26,28-31,36,38,40-42,44-45H,21,23-25H2,1-14H3/b27-22+/t26-,28-,29+,30-,31+,36-,38+,40+,41-,42+,44+,45+,46-,47-,48+/m1/s1. The van der Waals surface area contributed by atoms with E-state index in [1.54, 1.807) is 67.7 Å². The Labute approximate surface area is 407 Å². The van der Waals surface area contributed by atoms with Gasteiger partial charge >= 0.3 is 23.9 Å². The molecule has 0 unspecified atom stereocenters. The molecular weight excluding hydrogens is 991 g/mol. The number of hydrogen-bond donors (Lipinski definition) is 0. The number of Topliss-reactive ketones (excluding diaryl/α,β-unsaturated/α-hetero) is 1. The summed E-state index contributed by atoms with van der Waals surface area (Å²) in [5.74, 6) is -3.97. The van der Waals surface area contributed by atoms with Crippen LogP contribution in [0.1, 0.15) is 94.6 Å². The third kappa shape index (κ3) is 14.2. The Kier molecular flexibility index (Phi) is 20.1. The smallest absolute Gasteiger partial charge is 0.316 e. The number of hydrogen-bond acceptors (Lipinski definition) is 17. The minimum Gasteiger partial charge on any atom is -0.497 e. The number of alkyl halides is 1. The maximum Gasteiger partial charge on any atom is 0.316 e. The second kappa shape index (κ2) is 23.9. The van der Waals surface area contributed by atoms with Crippen LogP contribution in [-0.2, 0) is 77.1 Å². The lowest BCUT2D eigenvalue weighted by Crippen LogP contribution is -2.60. The molecule has 0 N–H and O–H groups in total. The van der Waals surface area contributed by atoms with Crippen molar-refractivity contribution in [3.05, 3.63) is 53.6 Å². The van der Waals surface area contributed by atoms with Crippen LogP contribution < -0.4 is 4.74 Å². The molecule has 1 fully saturated rings. The predicted octanol–water partition coefficient (Wildman–Crippen LogP) is 7.24. The fourth-order valence-corrected chi connectivity index (χ4v) is 10.2. The van der Waals surface area contributed by atoms with Gasteiger partial charge in [-0.05, 0) is 113 Å². The van der Waals surface area contributed by atoms with Gasteiger partial charge in [-0.2, -0.15) is 0 Å². The van der Waals surface area contributed by atoms with Crippen molar-refractivity contribution in [3.63, 3.8) is 0 Å². The van der Waals surface area contributed by atoms with Crippen molar-refractivity contribution < 1.29 is 76.1 Å². The van der Waals surface area contributed by atoms with Gasteiger partial charge in [-0.3, -0.25) is 24.0 Å². The first-order chi connectivity index (χ1) is 30.9. The lowest BCUT2D eigenvalue weighted by Gasteiger charge is -2.49. The van der Waals surface area contributed by atoms with Crippen LogP contribution in [-0.4, -0.2) is 127 Å². The number of carbonyl (C=O) groups excluding carboxylic acids is 5. The van der Waals surface area contributed by atoms with Gasteiger partial charge in [0.05, 0.1) is 48.8 Å². The number of ether oxygens (including phenoxy) is 11. The number of halogens is 1. The Morgan fingerprint density at radius 3 is 2.05 bits per heavy atom. The van der Waals surface area contributed by atoms with Crippen LogP contribution in [0.25, 0.3) is 0 Å². The van der Waals surface area contributed by atoms with Crippen molar-refractivity contribution in [3.8, 4) is 5.75 Å². The molecule has 66 heavy (non-hydrogen) atoms. The van der Waals surface area contributed by atoms with Crippen molar-refractivity contribution in [1.29, 1.82) is 0 Å². The maximum atomic E-state index is 14.7. The third-order valence-corrected chi connectivity index (χ3v) is 14.9. The highest BCUT2D eigenvalue weighted by Gasteiger charge is 2.53. The fourth-order valence-electron chi connectivity index (χ4n) is 8.84. The normalized spacial score (nSPS) is 37.7. The lowest BCUT2D eigenvalue weighted by molar-refractivity contribution is -0.311. The zero-order valence-corrected chi connectivity index (χ0v) is 43.6. The van der Waals surface area contributed by atoms with Crippen LogP contribution in [0.15, 0.2) is 48.1 Å². The van der Waals surface area contributed by atoms with Gasteiger partial charge < -0.3 is 52.1 Å². The summed E-state index contributed by atoms with van der Waals surface area (Å²) in [6, 6.07) is 7.51. The van der Waals surface area contributed by atoms with Gasteiger partial charge in [-0.1, -0.05) is 32.1 Å². The first-order valence-electron chi connectivity index (χ1n) is 22.1. The molecule has 1 aromatic rings. The van der Waals surface area contributed by atoms with E-state index in [0.717, 1.165) is 11.3 Å². The lowest BCUT2D eigenvalue weighted by atomic mass is 9.76. The van der Waals surface area contributed by atoms with E-state index in [4.69, 9.17) is 52.1 Å². The monoisotopic (exact) mass is 1060 g/mol. The molecule has 0 saturated carbocycles. The predicted molar refractivity (Wildman–Crippen MR) is 253 cm³/mol. The van der Waals surface area contributed by atoms with E-state index in [2.05, 4.69) is 0 Å². The summed E-state index contributed by atoms with van der Waals surface area (Å²) in [6.07, 6.45) is -1.96. The molecular formula is C48H69IO16S. The molecule has 0 bridgehead atoms. The maximum absolute atomic E-state index is 14.7. The molecule has 18 heteroatoms. The average molecular weight is 1060 g/mol. The second-order valence-electron chi connectivity index (χ2n) is 18.1. The zero-order chi connectivity index (χ0) is 49.3. The topological polar surface area (TPSA) is 187 Å². The van der Waals surface area contributed by atoms with Gasteiger partial charge in [0, 0.05) is 52.1 Å². The van der Waals surface area contributed by atoms with Crippen molar-refractivity contribution in [2.24, 2.45) is 17.8 Å². The number of thioether (sulfide) groups is 1. The van der Waals surface area contributed by atoms with Gasteiger partial charge in [0.1, 0.15) is 11.4 Å². The Bertz CT molecular complexity index is 1910. The molecule has 0 aromatic heterocycles. The molecule has 0 spiro atoms. The summed E-state index contributed by atoms with van der Waals surface area (Å²) >= 11 is 3.26. The summed E-state index contributed by atoms with van der Waals surface area (Å²) < 4.78 is 66.5. The summed E-state index contributed by atoms with van der Waals surface area (Å²) in [6.45, 7) is 18.2. The van der Waals surface area contributed by atoms with Crippen molar-refractivity contribution in [2.75, 3.05) is 27.1 Å². The molecule has 3 heterocycles. The van der Waals surface area contributed by atoms with Crippen LogP contribution in [0.5, 0.6) is 5.75 Å². The SMILES string of the molecule is COc1ccc(CSCC(=O)O[C@@]2(C)/C=C(\C)C(=O)[C@H](C)C[C@@](C)(OC)[C@H](O[C@@H]3O[C@H](C)C=C[C@H]3OC(C)=O)[C@@H](C)[C@H](O[C@H]3C[C@@](C)(OC)[C@@H](OC(C)=O)[C@H](C)O3)[C@@H](C)C(=O)O[C@@H]2I)cc1. The Balaban J connectivity index is 1.79. The minimum absolute atomic E-state index is 0.0241. The van der Waals surface area contributed by atoms with E-state index in [0.29, 0.717) is 5.75 Å². The van der Waals surface area contributed by atoms with E-state index in [1.807, 2.05) is 60.7 Å². The van der Waals surface area contributed by atoms with Crippen LogP contribution in [0.2, 0.25) is 0 Å². The molecule has 16 nitrogen and oxygen atoms in total. The molecule has 15 atom stereocenters. The van der Waals surface area contributed by atoms with Crippen LogP contribution in [0.3, 0.4) is 0 Å². The number of esters is 4. The van der Waals surface area contributed by atoms with Crippen LogP contribution in [0.4, 0.5) is 0 Å². The van der Waals surface area contributed by atoms with Gasteiger partial charge in [-0.15, -0.1) is 11.8 Å². The number of ketones is 1. The minimum atomic E-state index is -1.60. The highest BCUT2D eigenvalue weighted by Crippen LogP contribution is 2.42. The summed E-state index contributed by atoms with van der Waals surface area (Å²) in [4.78, 5) is 67.2. The van der Waals surface area contributed by atoms with Gasteiger partial charge in [-0.25, -0.2) is 0 Å². The average Bonchev–Trinajstić information content (AvgIpc) is 3.25. The van der Waals surface area contributed by atoms with Crippen LogP contribution >= 0.6 is 34.4 Å². The molecule has 370 valence electrons. The molecule has 4 rings (SSSR count). The second-order valence-corrected chi connectivity index (χ2v) is 20.2. The number of benzene rings is 1. The molecule has 3 aliphatic heterocycles. The number of allylic oxidation sites excluding steroid dienone is 1. The van der Waals surface area contributed by atoms with E-state index in [-0.39, 0.29) is 30.0 Å². The highest BCUT2D eigenvalue weighted by molar-refractivity contribution is 14.1. The van der Waals surface area contributed by atoms with Gasteiger partial charge in [0.15, 0.2) is 40.3 Å². The molecule has 1 aromatic carbocycles. The largest absolute Gasteiger partial charge is 0.497 e. The number of carbonyl (C=O) groups is 5. The number of rotatable bonds is 14. The van der Waals surface area contributed by atoms with Gasteiger partial charge in [0.2, 0.25) is 0 Å². The zero-order valence-electron chi connectivity index (χ0n) is 40.6. The van der Waals surface area contributed by atoms with E-state index < -0.39 is 112 Å². The molecule has 1 saturated heterocycles. The third-order valence-electron chi connectivity index (χ3n) is 12.4. The number of cyclic esters (lactones) is 1. The Morgan fingerprint density at radius 2 is 1.45 bits per heavy atom. The quantitative estimate of drug-likeness (QED) is 0.0596. The summed E-state index contributed by atoms with van der Waals surface area (Å²) in [7, 11) is 4.60. The van der Waals surface area contributed by atoms with Crippen molar-refractivity contribution in [1.82, 2.24) is 0 Å².